The third-order valence-corrected chi connectivity index (χ3v) is 3.68. The van der Waals surface area contributed by atoms with Crippen LogP contribution >= 0.6 is 15.9 Å². The zero-order chi connectivity index (χ0) is 14.4. The topological polar surface area (TPSA) is 57.2 Å². The number of pyridine rings is 1. The lowest BCUT2D eigenvalue weighted by atomic mass is 10.2. The van der Waals surface area contributed by atoms with Crippen molar-refractivity contribution in [2.45, 2.75) is 19.6 Å². The van der Waals surface area contributed by atoms with Crippen molar-refractivity contribution >= 4 is 21.6 Å². The molecule has 1 aromatic carbocycles. The first kappa shape index (κ1) is 14.8. The van der Waals surface area contributed by atoms with Gasteiger partial charge in [-0.15, -0.1) is 0 Å². The Morgan fingerprint density at radius 3 is 2.80 bits per heavy atom. The Morgan fingerprint density at radius 2 is 2.00 bits per heavy atom. The molecule has 20 heavy (non-hydrogen) atoms. The molecule has 0 saturated carbocycles. The molecular weight excluding hydrogens is 320 g/mol. The number of halogens is 1. The molecule has 0 atom stereocenters. The predicted octanol–water partition coefficient (Wildman–Crippen LogP) is 2.80. The zero-order valence-corrected chi connectivity index (χ0v) is 12.7. The molecule has 5 heteroatoms. The van der Waals surface area contributed by atoms with Gasteiger partial charge in [0, 0.05) is 35.6 Å². The number of ether oxygens (including phenoxy) is 1. The average Bonchev–Trinajstić information content (AvgIpc) is 2.44. The van der Waals surface area contributed by atoms with E-state index in [0.29, 0.717) is 25.4 Å². The molecule has 2 N–H and O–H groups in total. The van der Waals surface area contributed by atoms with Crippen LogP contribution in [0.3, 0.4) is 0 Å². The minimum Gasteiger partial charge on any atom is -0.398 e. The van der Waals surface area contributed by atoms with E-state index in [1.165, 1.54) is 6.07 Å². The third-order valence-electron chi connectivity index (χ3n) is 2.91. The number of hydrogen-bond donors (Lipinski definition) is 1. The van der Waals surface area contributed by atoms with Crippen LogP contribution < -0.4 is 11.3 Å². The Labute approximate surface area is 126 Å². The standard InChI is InChI=1S/C15H17BrN2O2/c16-14-5-2-1-4-12(14)11-20-9-3-8-18-10-13(17)6-7-15(18)19/h1-2,4-7,10H,3,8-9,11,17H2. The maximum Gasteiger partial charge on any atom is 0.250 e. The molecule has 1 aromatic heterocycles. The first-order valence-corrected chi connectivity index (χ1v) is 7.23. The fourth-order valence-corrected chi connectivity index (χ4v) is 2.26. The van der Waals surface area contributed by atoms with Crippen LogP contribution in [0.5, 0.6) is 0 Å². The zero-order valence-electron chi connectivity index (χ0n) is 11.1. The van der Waals surface area contributed by atoms with Crippen LogP contribution in [0.15, 0.2) is 51.9 Å². The lowest BCUT2D eigenvalue weighted by molar-refractivity contribution is 0.115. The van der Waals surface area contributed by atoms with Crippen molar-refractivity contribution in [1.82, 2.24) is 4.57 Å². The summed E-state index contributed by atoms with van der Waals surface area (Å²) in [5, 5.41) is 0. The number of nitrogens with zero attached hydrogens (tertiary/aromatic N) is 1. The van der Waals surface area contributed by atoms with E-state index in [4.69, 9.17) is 10.5 Å². The Balaban J connectivity index is 1.76. The van der Waals surface area contributed by atoms with Crippen LogP contribution in [0.2, 0.25) is 0 Å². The molecule has 0 aliphatic heterocycles. The van der Waals surface area contributed by atoms with Crippen LogP contribution in [0.4, 0.5) is 5.69 Å². The number of hydrogen-bond acceptors (Lipinski definition) is 3. The second kappa shape index (κ2) is 7.26. The Kier molecular flexibility index (Phi) is 5.38. The van der Waals surface area contributed by atoms with Gasteiger partial charge in [-0.1, -0.05) is 34.1 Å². The molecule has 0 spiro atoms. The molecule has 0 aliphatic rings. The summed E-state index contributed by atoms with van der Waals surface area (Å²) in [5.74, 6) is 0. The minimum atomic E-state index is -0.0370. The van der Waals surface area contributed by atoms with Gasteiger partial charge >= 0.3 is 0 Å². The van der Waals surface area contributed by atoms with E-state index in [2.05, 4.69) is 15.9 Å². The maximum atomic E-state index is 11.6. The van der Waals surface area contributed by atoms with E-state index in [1.807, 2.05) is 24.3 Å². The summed E-state index contributed by atoms with van der Waals surface area (Å²) in [6, 6.07) is 11.1. The second-order valence-corrected chi connectivity index (χ2v) is 5.35. The van der Waals surface area contributed by atoms with Crippen LogP contribution in [-0.2, 0) is 17.9 Å². The highest BCUT2D eigenvalue weighted by atomic mass is 79.9. The van der Waals surface area contributed by atoms with Gasteiger partial charge in [0.1, 0.15) is 0 Å². The lowest BCUT2D eigenvalue weighted by Gasteiger charge is -2.08. The van der Waals surface area contributed by atoms with Gasteiger partial charge in [0.05, 0.1) is 6.61 Å². The summed E-state index contributed by atoms with van der Waals surface area (Å²) >= 11 is 3.48. The van der Waals surface area contributed by atoms with Crippen molar-refractivity contribution in [3.63, 3.8) is 0 Å². The number of nitrogens with two attached hydrogens (primary N) is 1. The van der Waals surface area contributed by atoms with Crippen LogP contribution in [0.1, 0.15) is 12.0 Å². The summed E-state index contributed by atoms with van der Waals surface area (Å²) in [5.41, 5.74) is 7.33. The van der Waals surface area contributed by atoms with Gasteiger partial charge in [-0.3, -0.25) is 4.79 Å². The third kappa shape index (κ3) is 4.21. The largest absolute Gasteiger partial charge is 0.398 e. The van der Waals surface area contributed by atoms with Gasteiger partial charge < -0.3 is 15.0 Å². The second-order valence-electron chi connectivity index (χ2n) is 4.49. The lowest BCUT2D eigenvalue weighted by Crippen LogP contribution is -2.19. The number of benzene rings is 1. The summed E-state index contributed by atoms with van der Waals surface area (Å²) in [4.78, 5) is 11.6. The molecule has 106 valence electrons. The normalized spacial score (nSPS) is 10.7. The molecular formula is C15H17BrN2O2. The van der Waals surface area contributed by atoms with Crippen molar-refractivity contribution in [3.05, 3.63) is 63.0 Å². The number of anilines is 1. The molecule has 2 rings (SSSR count). The predicted molar refractivity (Wildman–Crippen MR) is 83.5 cm³/mol. The minimum absolute atomic E-state index is 0.0370. The van der Waals surface area contributed by atoms with Gasteiger partial charge in [0.15, 0.2) is 0 Å². The SMILES string of the molecule is Nc1ccc(=O)n(CCCOCc2ccccc2Br)c1. The molecule has 0 radical (unpaired) electrons. The first-order valence-electron chi connectivity index (χ1n) is 6.44. The van der Waals surface area contributed by atoms with Crippen molar-refractivity contribution < 1.29 is 4.74 Å². The van der Waals surface area contributed by atoms with Crippen LogP contribution in [0, 0.1) is 0 Å². The summed E-state index contributed by atoms with van der Waals surface area (Å²) in [6.45, 7) is 1.77. The Hall–Kier alpha value is -1.59. The highest BCUT2D eigenvalue weighted by molar-refractivity contribution is 9.10. The molecule has 0 fully saturated rings. The van der Waals surface area contributed by atoms with E-state index in [-0.39, 0.29) is 5.56 Å². The maximum absolute atomic E-state index is 11.6. The molecule has 0 bridgehead atoms. The van der Waals surface area contributed by atoms with Gasteiger partial charge in [-0.2, -0.15) is 0 Å². The highest BCUT2D eigenvalue weighted by Gasteiger charge is 1.99. The van der Waals surface area contributed by atoms with E-state index < -0.39 is 0 Å². The van der Waals surface area contributed by atoms with Gasteiger partial charge in [-0.25, -0.2) is 0 Å². The Bertz CT molecular complexity index is 625. The van der Waals surface area contributed by atoms with Gasteiger partial charge in [0.2, 0.25) is 0 Å². The number of nitrogen functional groups attached to an aromatic ring is 1. The number of aryl methyl sites for hydroxylation is 1. The smallest absolute Gasteiger partial charge is 0.250 e. The van der Waals surface area contributed by atoms with Crippen molar-refractivity contribution in [2.75, 3.05) is 12.3 Å². The average molecular weight is 337 g/mol. The van der Waals surface area contributed by atoms with E-state index >= 15 is 0 Å². The summed E-state index contributed by atoms with van der Waals surface area (Å²) < 4.78 is 8.27. The molecule has 1 heterocycles. The van der Waals surface area contributed by atoms with Crippen LogP contribution in [-0.4, -0.2) is 11.2 Å². The van der Waals surface area contributed by atoms with E-state index in [1.54, 1.807) is 16.8 Å². The van der Waals surface area contributed by atoms with Gasteiger partial charge in [-0.05, 0) is 24.1 Å². The number of rotatable bonds is 6. The fraction of sp³-hybridized carbons (Fsp3) is 0.267. The summed E-state index contributed by atoms with van der Waals surface area (Å²) in [6.07, 6.45) is 2.43. The first-order chi connectivity index (χ1) is 9.66. The quantitative estimate of drug-likeness (QED) is 0.825. The highest BCUT2D eigenvalue weighted by Crippen LogP contribution is 2.16. The molecule has 0 unspecified atom stereocenters. The summed E-state index contributed by atoms with van der Waals surface area (Å²) in [7, 11) is 0. The fourth-order valence-electron chi connectivity index (χ4n) is 1.86. The molecule has 0 amide bonds. The molecule has 2 aromatic rings. The Morgan fingerprint density at radius 1 is 1.20 bits per heavy atom. The van der Waals surface area contributed by atoms with Gasteiger partial charge in [0.25, 0.3) is 5.56 Å². The van der Waals surface area contributed by atoms with E-state index in [9.17, 15) is 4.79 Å². The molecule has 0 saturated heterocycles. The van der Waals surface area contributed by atoms with E-state index in [0.717, 1.165) is 16.5 Å². The van der Waals surface area contributed by atoms with Crippen molar-refractivity contribution in [1.29, 1.82) is 0 Å². The molecule has 4 nitrogen and oxygen atoms in total. The van der Waals surface area contributed by atoms with Crippen molar-refractivity contribution in [2.24, 2.45) is 0 Å². The number of aromatic nitrogens is 1. The monoisotopic (exact) mass is 336 g/mol. The van der Waals surface area contributed by atoms with Crippen LogP contribution in [0.25, 0.3) is 0 Å². The van der Waals surface area contributed by atoms with Crippen molar-refractivity contribution in [3.8, 4) is 0 Å². The molecule has 0 aliphatic carbocycles.